The van der Waals surface area contributed by atoms with E-state index in [4.69, 9.17) is 0 Å². The second-order valence-corrected chi connectivity index (χ2v) is 6.41. The topological polar surface area (TPSA) is 12.0 Å². The Hall–Kier alpha value is 0.140. The van der Waals surface area contributed by atoms with Crippen LogP contribution in [0.1, 0.15) is 44.7 Å². The Morgan fingerprint density at radius 3 is 2.59 bits per heavy atom. The van der Waals surface area contributed by atoms with Gasteiger partial charge in [0.25, 0.3) is 0 Å². The number of hydrogen-bond donors (Lipinski definition) is 1. The second kappa shape index (κ2) is 7.55. The van der Waals surface area contributed by atoms with Gasteiger partial charge in [0.15, 0.2) is 0 Å². The molecule has 1 aromatic carbocycles. The first-order valence-corrected chi connectivity index (χ1v) is 7.79. The molecule has 3 heteroatoms. The molecule has 0 aromatic heterocycles. The number of nitrogens with one attached hydrogen (secondary N) is 1. The molecule has 0 aliphatic carbocycles. The molecule has 1 N–H and O–H groups in total. The molecule has 96 valence electrons. The van der Waals surface area contributed by atoms with Crippen molar-refractivity contribution in [2.75, 3.05) is 7.05 Å². The van der Waals surface area contributed by atoms with Crippen LogP contribution in [-0.2, 0) is 0 Å². The van der Waals surface area contributed by atoms with Crippen molar-refractivity contribution in [2.24, 2.45) is 5.92 Å². The predicted octanol–water partition coefficient (Wildman–Crippen LogP) is 5.30. The van der Waals surface area contributed by atoms with E-state index < -0.39 is 0 Å². The van der Waals surface area contributed by atoms with Crippen LogP contribution in [-0.4, -0.2) is 7.05 Å². The molecule has 0 saturated carbocycles. The van der Waals surface area contributed by atoms with Crippen molar-refractivity contribution in [3.63, 3.8) is 0 Å². The Kier molecular flexibility index (Phi) is 6.75. The summed E-state index contributed by atoms with van der Waals surface area (Å²) in [5.74, 6) is 0.753. The highest BCUT2D eigenvalue weighted by molar-refractivity contribution is 9.11. The lowest BCUT2D eigenvalue weighted by atomic mass is 9.93. The van der Waals surface area contributed by atoms with Crippen molar-refractivity contribution in [1.29, 1.82) is 0 Å². The standard InChI is InChI=1S/C14H21Br2N/c1-4-5-10(2)8-14(17-3)12-9-11(15)6-7-13(12)16/h6-7,9-10,14,17H,4-5,8H2,1-3H3. The van der Waals surface area contributed by atoms with E-state index in [0.29, 0.717) is 6.04 Å². The van der Waals surface area contributed by atoms with Gasteiger partial charge in [0.1, 0.15) is 0 Å². The van der Waals surface area contributed by atoms with Crippen LogP contribution < -0.4 is 5.32 Å². The smallest absolute Gasteiger partial charge is 0.0331 e. The fourth-order valence-electron chi connectivity index (χ4n) is 2.19. The van der Waals surface area contributed by atoms with E-state index in [2.05, 4.69) is 69.2 Å². The Morgan fingerprint density at radius 1 is 1.29 bits per heavy atom. The average molecular weight is 363 g/mol. The van der Waals surface area contributed by atoms with E-state index in [1.165, 1.54) is 29.3 Å². The molecule has 1 nitrogen and oxygen atoms in total. The largest absolute Gasteiger partial charge is 0.313 e. The van der Waals surface area contributed by atoms with Gasteiger partial charge in [-0.2, -0.15) is 0 Å². The van der Waals surface area contributed by atoms with Gasteiger partial charge < -0.3 is 5.32 Å². The van der Waals surface area contributed by atoms with Gasteiger partial charge in [-0.3, -0.25) is 0 Å². The van der Waals surface area contributed by atoms with Crippen molar-refractivity contribution in [3.8, 4) is 0 Å². The molecular weight excluding hydrogens is 342 g/mol. The molecule has 17 heavy (non-hydrogen) atoms. The summed E-state index contributed by atoms with van der Waals surface area (Å²) in [5, 5.41) is 3.42. The molecule has 2 atom stereocenters. The van der Waals surface area contributed by atoms with Crippen LogP contribution in [0.5, 0.6) is 0 Å². The van der Waals surface area contributed by atoms with Gasteiger partial charge in [-0.05, 0) is 43.1 Å². The number of rotatable bonds is 6. The second-order valence-electron chi connectivity index (χ2n) is 4.64. The van der Waals surface area contributed by atoms with Crippen LogP contribution >= 0.6 is 31.9 Å². The van der Waals surface area contributed by atoms with Crippen LogP contribution in [0, 0.1) is 5.92 Å². The van der Waals surface area contributed by atoms with Crippen molar-refractivity contribution >= 4 is 31.9 Å². The van der Waals surface area contributed by atoms with E-state index in [1.54, 1.807) is 0 Å². The maximum atomic E-state index is 3.64. The van der Waals surface area contributed by atoms with Gasteiger partial charge >= 0.3 is 0 Å². The molecule has 0 amide bonds. The Balaban J connectivity index is 2.82. The lowest BCUT2D eigenvalue weighted by Crippen LogP contribution is -2.19. The van der Waals surface area contributed by atoms with E-state index >= 15 is 0 Å². The molecule has 0 radical (unpaired) electrons. The van der Waals surface area contributed by atoms with E-state index in [1.807, 2.05) is 7.05 Å². The van der Waals surface area contributed by atoms with E-state index in [0.717, 1.165) is 10.4 Å². The van der Waals surface area contributed by atoms with Crippen LogP contribution in [0.15, 0.2) is 27.1 Å². The zero-order chi connectivity index (χ0) is 12.8. The summed E-state index contributed by atoms with van der Waals surface area (Å²) < 4.78 is 2.32. The van der Waals surface area contributed by atoms with Crippen molar-refractivity contribution in [1.82, 2.24) is 5.32 Å². The summed E-state index contributed by atoms with van der Waals surface area (Å²) in [6.07, 6.45) is 3.74. The minimum atomic E-state index is 0.420. The highest BCUT2D eigenvalue weighted by Crippen LogP contribution is 2.31. The molecule has 1 aromatic rings. The lowest BCUT2D eigenvalue weighted by Gasteiger charge is -2.22. The molecule has 1 rings (SSSR count). The Morgan fingerprint density at radius 2 is 2.00 bits per heavy atom. The molecule has 0 aliphatic rings. The van der Waals surface area contributed by atoms with E-state index in [-0.39, 0.29) is 0 Å². The highest BCUT2D eigenvalue weighted by atomic mass is 79.9. The average Bonchev–Trinajstić information content (AvgIpc) is 2.30. The molecular formula is C14H21Br2N. The molecule has 0 saturated heterocycles. The van der Waals surface area contributed by atoms with Gasteiger partial charge in [-0.25, -0.2) is 0 Å². The van der Waals surface area contributed by atoms with Crippen molar-refractivity contribution < 1.29 is 0 Å². The van der Waals surface area contributed by atoms with Gasteiger partial charge in [0, 0.05) is 15.0 Å². The van der Waals surface area contributed by atoms with Crippen LogP contribution in [0.4, 0.5) is 0 Å². The van der Waals surface area contributed by atoms with Gasteiger partial charge in [-0.1, -0.05) is 58.5 Å². The van der Waals surface area contributed by atoms with Gasteiger partial charge in [0.05, 0.1) is 0 Å². The minimum Gasteiger partial charge on any atom is -0.313 e. The number of hydrogen-bond acceptors (Lipinski definition) is 1. The maximum Gasteiger partial charge on any atom is 0.0331 e. The number of benzene rings is 1. The van der Waals surface area contributed by atoms with Crippen molar-refractivity contribution in [3.05, 3.63) is 32.7 Å². The molecule has 0 bridgehead atoms. The van der Waals surface area contributed by atoms with Gasteiger partial charge in [0.2, 0.25) is 0 Å². The summed E-state index contributed by atoms with van der Waals surface area (Å²) >= 11 is 7.18. The summed E-state index contributed by atoms with van der Waals surface area (Å²) in [6.45, 7) is 4.58. The normalized spacial score (nSPS) is 14.6. The van der Waals surface area contributed by atoms with Crippen molar-refractivity contribution in [2.45, 2.75) is 39.2 Å². The van der Waals surface area contributed by atoms with Crippen LogP contribution in [0.3, 0.4) is 0 Å². The summed E-state index contributed by atoms with van der Waals surface area (Å²) in [4.78, 5) is 0. The monoisotopic (exact) mass is 361 g/mol. The third-order valence-corrected chi connectivity index (χ3v) is 4.32. The highest BCUT2D eigenvalue weighted by Gasteiger charge is 2.16. The molecule has 0 aliphatic heterocycles. The fraction of sp³-hybridized carbons (Fsp3) is 0.571. The zero-order valence-electron chi connectivity index (χ0n) is 10.8. The predicted molar refractivity (Wildman–Crippen MR) is 82.3 cm³/mol. The third-order valence-electron chi connectivity index (χ3n) is 3.10. The maximum absolute atomic E-state index is 3.64. The molecule has 0 heterocycles. The quantitative estimate of drug-likeness (QED) is 0.724. The summed E-state index contributed by atoms with van der Waals surface area (Å²) in [6, 6.07) is 6.79. The summed E-state index contributed by atoms with van der Waals surface area (Å²) in [5.41, 5.74) is 1.34. The van der Waals surface area contributed by atoms with Gasteiger partial charge in [-0.15, -0.1) is 0 Å². The lowest BCUT2D eigenvalue weighted by molar-refractivity contribution is 0.406. The first-order chi connectivity index (χ1) is 8.08. The Labute approximate surface area is 122 Å². The minimum absolute atomic E-state index is 0.420. The first kappa shape index (κ1) is 15.2. The SMILES string of the molecule is CCCC(C)CC(NC)c1cc(Br)ccc1Br. The summed E-state index contributed by atoms with van der Waals surface area (Å²) in [7, 11) is 2.04. The zero-order valence-corrected chi connectivity index (χ0v) is 13.9. The number of halogens is 2. The first-order valence-electron chi connectivity index (χ1n) is 6.20. The molecule has 0 spiro atoms. The molecule has 0 fully saturated rings. The fourth-order valence-corrected chi connectivity index (χ4v) is 3.10. The third kappa shape index (κ3) is 4.72. The Bertz CT molecular complexity index is 352. The molecule has 2 unspecified atom stereocenters. The van der Waals surface area contributed by atoms with Crippen LogP contribution in [0.25, 0.3) is 0 Å². The van der Waals surface area contributed by atoms with E-state index in [9.17, 15) is 0 Å². The van der Waals surface area contributed by atoms with Crippen LogP contribution in [0.2, 0.25) is 0 Å².